The number of nitrogens with zero attached hydrogens (tertiary/aromatic N) is 3. The summed E-state index contributed by atoms with van der Waals surface area (Å²) in [6, 6.07) is 6.12. The minimum atomic E-state index is -0.467. The number of aromatic nitrogens is 2. The second-order valence-electron chi connectivity index (χ2n) is 3.60. The van der Waals surface area contributed by atoms with Crippen LogP contribution in [0.3, 0.4) is 0 Å². The third-order valence-electron chi connectivity index (χ3n) is 2.25. The third-order valence-corrected chi connectivity index (χ3v) is 2.25. The van der Waals surface area contributed by atoms with Crippen molar-refractivity contribution in [2.75, 3.05) is 11.9 Å². The molecule has 0 aliphatic carbocycles. The van der Waals surface area contributed by atoms with E-state index >= 15 is 0 Å². The number of hydrogen-bond acceptors (Lipinski definition) is 6. The maximum Gasteiger partial charge on any atom is 0.274 e. The van der Waals surface area contributed by atoms with Crippen LogP contribution in [-0.4, -0.2) is 21.5 Å². The maximum atomic E-state index is 10.7. The Morgan fingerprint density at radius 1 is 1.32 bits per heavy atom. The van der Waals surface area contributed by atoms with E-state index in [1.54, 1.807) is 18.3 Å². The summed E-state index contributed by atoms with van der Waals surface area (Å²) < 4.78 is 5.27. The molecular formula is C12H12N4O3. The van der Waals surface area contributed by atoms with Gasteiger partial charge >= 0.3 is 0 Å². The third kappa shape index (κ3) is 3.38. The highest BCUT2D eigenvalue weighted by Crippen LogP contribution is 2.20. The predicted molar refractivity (Wildman–Crippen MR) is 69.6 cm³/mol. The lowest BCUT2D eigenvalue weighted by atomic mass is 10.3. The molecule has 7 nitrogen and oxygen atoms in total. The van der Waals surface area contributed by atoms with Crippen LogP contribution in [-0.2, 0) is 0 Å². The summed E-state index contributed by atoms with van der Waals surface area (Å²) in [6.45, 7) is 2.38. The summed E-state index contributed by atoms with van der Waals surface area (Å²) in [5, 5.41) is 13.6. The molecule has 98 valence electrons. The Labute approximate surface area is 109 Å². The average molecular weight is 260 g/mol. The monoisotopic (exact) mass is 260 g/mol. The first-order chi connectivity index (χ1) is 9.19. The largest absolute Gasteiger partial charge is 0.478 e. The fourth-order valence-electron chi connectivity index (χ4n) is 1.46. The van der Waals surface area contributed by atoms with E-state index in [0.29, 0.717) is 24.0 Å². The van der Waals surface area contributed by atoms with Gasteiger partial charge in [0, 0.05) is 30.2 Å². The van der Waals surface area contributed by atoms with E-state index in [4.69, 9.17) is 4.74 Å². The summed E-state index contributed by atoms with van der Waals surface area (Å²) in [4.78, 5) is 18.2. The Balaban J connectivity index is 2.18. The van der Waals surface area contributed by atoms with Gasteiger partial charge in [0.05, 0.1) is 17.6 Å². The second-order valence-corrected chi connectivity index (χ2v) is 3.60. The zero-order chi connectivity index (χ0) is 13.7. The van der Waals surface area contributed by atoms with Crippen molar-refractivity contribution in [3.05, 3.63) is 46.8 Å². The van der Waals surface area contributed by atoms with Crippen molar-refractivity contribution in [3.8, 4) is 5.88 Å². The van der Waals surface area contributed by atoms with Crippen molar-refractivity contribution in [2.45, 2.75) is 6.92 Å². The molecule has 2 rings (SSSR count). The molecule has 0 amide bonds. The van der Waals surface area contributed by atoms with Crippen LogP contribution in [0.4, 0.5) is 17.2 Å². The Morgan fingerprint density at radius 2 is 2.11 bits per heavy atom. The topological polar surface area (TPSA) is 90.2 Å². The molecule has 0 bridgehead atoms. The van der Waals surface area contributed by atoms with Gasteiger partial charge in [0.2, 0.25) is 5.88 Å². The lowest BCUT2D eigenvalue weighted by Gasteiger charge is -2.07. The number of rotatable bonds is 5. The van der Waals surface area contributed by atoms with Gasteiger partial charge < -0.3 is 10.1 Å². The summed E-state index contributed by atoms with van der Waals surface area (Å²) in [5.41, 5.74) is 0.683. The Bertz CT molecular complexity index is 589. The van der Waals surface area contributed by atoms with Gasteiger partial charge in [-0.3, -0.25) is 10.1 Å². The molecule has 7 heteroatoms. The number of nitrogens with one attached hydrogen (secondary N) is 1. The zero-order valence-electron chi connectivity index (χ0n) is 10.2. The van der Waals surface area contributed by atoms with Gasteiger partial charge in [-0.1, -0.05) is 0 Å². The van der Waals surface area contributed by atoms with Gasteiger partial charge in [0.15, 0.2) is 0 Å². The van der Waals surface area contributed by atoms with Crippen LogP contribution in [0.1, 0.15) is 6.92 Å². The first-order valence-corrected chi connectivity index (χ1v) is 5.65. The first kappa shape index (κ1) is 12.7. The molecule has 0 unspecified atom stereocenters. The van der Waals surface area contributed by atoms with E-state index < -0.39 is 4.92 Å². The number of pyridine rings is 2. The van der Waals surface area contributed by atoms with Crippen molar-refractivity contribution >= 4 is 17.2 Å². The van der Waals surface area contributed by atoms with E-state index in [9.17, 15) is 10.1 Å². The predicted octanol–water partition coefficient (Wildman–Crippen LogP) is 2.53. The molecule has 2 heterocycles. The molecule has 0 atom stereocenters. The molecule has 0 radical (unpaired) electrons. The lowest BCUT2D eigenvalue weighted by molar-refractivity contribution is -0.384. The fourth-order valence-corrected chi connectivity index (χ4v) is 1.46. The Kier molecular flexibility index (Phi) is 3.87. The highest BCUT2D eigenvalue weighted by Gasteiger charge is 2.07. The standard InChI is InChI=1S/C12H12N4O3/c1-2-19-12-7-9(3-5-14-12)15-11-8-10(16(17)18)4-6-13-11/h3-8H,2H2,1H3,(H,13,14,15). The fraction of sp³-hybridized carbons (Fsp3) is 0.167. The molecule has 0 aliphatic heterocycles. The number of hydrogen-bond donors (Lipinski definition) is 1. The van der Waals surface area contributed by atoms with Crippen molar-refractivity contribution < 1.29 is 9.66 Å². The van der Waals surface area contributed by atoms with Crippen LogP contribution in [0.2, 0.25) is 0 Å². The van der Waals surface area contributed by atoms with E-state index in [1.807, 2.05) is 6.92 Å². The minimum absolute atomic E-state index is 0.0170. The molecule has 2 aromatic rings. The van der Waals surface area contributed by atoms with Crippen LogP contribution >= 0.6 is 0 Å². The molecular weight excluding hydrogens is 248 g/mol. The van der Waals surface area contributed by atoms with Crippen LogP contribution in [0.25, 0.3) is 0 Å². The SMILES string of the molecule is CCOc1cc(Nc2cc([N+](=O)[O-])ccn2)ccn1. The van der Waals surface area contributed by atoms with Gasteiger partial charge in [-0.25, -0.2) is 9.97 Å². The molecule has 0 spiro atoms. The maximum absolute atomic E-state index is 10.7. The van der Waals surface area contributed by atoms with Crippen molar-refractivity contribution in [1.82, 2.24) is 9.97 Å². The zero-order valence-corrected chi connectivity index (χ0v) is 10.2. The smallest absolute Gasteiger partial charge is 0.274 e. The summed E-state index contributed by atoms with van der Waals surface area (Å²) >= 11 is 0. The van der Waals surface area contributed by atoms with Gasteiger partial charge in [-0.05, 0) is 13.0 Å². The van der Waals surface area contributed by atoms with Crippen LogP contribution in [0.15, 0.2) is 36.7 Å². The van der Waals surface area contributed by atoms with Crippen molar-refractivity contribution in [1.29, 1.82) is 0 Å². The van der Waals surface area contributed by atoms with E-state index in [1.165, 1.54) is 18.3 Å². The van der Waals surface area contributed by atoms with Crippen molar-refractivity contribution in [3.63, 3.8) is 0 Å². The minimum Gasteiger partial charge on any atom is -0.478 e. The summed E-state index contributed by atoms with van der Waals surface area (Å²) in [5.74, 6) is 0.876. The van der Waals surface area contributed by atoms with Gasteiger partial charge in [-0.15, -0.1) is 0 Å². The summed E-state index contributed by atoms with van der Waals surface area (Å²) in [6.07, 6.45) is 2.97. The molecule has 19 heavy (non-hydrogen) atoms. The van der Waals surface area contributed by atoms with Gasteiger partial charge in [0.25, 0.3) is 5.69 Å². The van der Waals surface area contributed by atoms with Crippen LogP contribution < -0.4 is 10.1 Å². The number of nitro groups is 1. The second kappa shape index (κ2) is 5.76. The molecule has 1 N–H and O–H groups in total. The number of anilines is 2. The normalized spacial score (nSPS) is 9.95. The lowest BCUT2D eigenvalue weighted by Crippen LogP contribution is -1.98. The van der Waals surface area contributed by atoms with Gasteiger partial charge in [0.1, 0.15) is 5.82 Å². The molecule has 0 aliphatic rings. The van der Waals surface area contributed by atoms with Crippen LogP contribution in [0.5, 0.6) is 5.88 Å². The van der Waals surface area contributed by atoms with E-state index in [-0.39, 0.29) is 5.69 Å². The highest BCUT2D eigenvalue weighted by atomic mass is 16.6. The molecule has 0 fully saturated rings. The van der Waals surface area contributed by atoms with Crippen LogP contribution in [0, 0.1) is 10.1 Å². The summed E-state index contributed by atoms with van der Waals surface area (Å²) in [7, 11) is 0. The first-order valence-electron chi connectivity index (χ1n) is 5.65. The van der Waals surface area contributed by atoms with Crippen molar-refractivity contribution in [2.24, 2.45) is 0 Å². The highest BCUT2D eigenvalue weighted by molar-refractivity contribution is 5.58. The van der Waals surface area contributed by atoms with E-state index in [0.717, 1.165) is 0 Å². The molecule has 0 saturated heterocycles. The Morgan fingerprint density at radius 3 is 2.84 bits per heavy atom. The quantitative estimate of drug-likeness (QED) is 0.656. The number of ether oxygens (including phenoxy) is 1. The Hall–Kier alpha value is -2.70. The molecule has 2 aromatic heterocycles. The molecule has 0 saturated carbocycles. The average Bonchev–Trinajstić information content (AvgIpc) is 2.40. The van der Waals surface area contributed by atoms with Gasteiger partial charge in [-0.2, -0.15) is 0 Å². The molecule has 0 aromatic carbocycles. The van der Waals surface area contributed by atoms with E-state index in [2.05, 4.69) is 15.3 Å².